The molecule has 0 saturated carbocycles. The van der Waals surface area contributed by atoms with E-state index in [2.05, 4.69) is 11.6 Å². The minimum absolute atomic E-state index is 0.259. The lowest BCUT2D eigenvalue weighted by Crippen LogP contribution is -1.95. The Bertz CT molecular complexity index is 226. The zero-order valence-corrected chi connectivity index (χ0v) is 6.66. The molecule has 0 aliphatic rings. The number of aliphatic imine (C=N–C) groups is 1. The SMILES string of the molecule is C=C(C)/N=C\C=C(/C)C(=O)O. The summed E-state index contributed by atoms with van der Waals surface area (Å²) in [5.74, 6) is -0.932. The van der Waals surface area contributed by atoms with Gasteiger partial charge in [-0.05, 0) is 19.9 Å². The number of carboxylic acids is 1. The summed E-state index contributed by atoms with van der Waals surface area (Å²) in [5, 5.41) is 8.39. The number of aliphatic carboxylic acids is 1. The van der Waals surface area contributed by atoms with E-state index in [0.29, 0.717) is 5.70 Å². The lowest BCUT2D eigenvalue weighted by molar-refractivity contribution is -0.132. The Hall–Kier alpha value is -1.38. The molecular weight excluding hydrogens is 142 g/mol. The molecule has 0 saturated heterocycles. The van der Waals surface area contributed by atoms with Gasteiger partial charge in [-0.2, -0.15) is 0 Å². The number of carbonyl (C=O) groups is 1. The van der Waals surface area contributed by atoms with Crippen molar-refractivity contribution in [3.63, 3.8) is 0 Å². The monoisotopic (exact) mass is 153 g/mol. The molecule has 0 rings (SSSR count). The van der Waals surface area contributed by atoms with E-state index in [-0.39, 0.29) is 5.57 Å². The largest absolute Gasteiger partial charge is 0.478 e. The molecule has 0 aliphatic heterocycles. The summed E-state index contributed by atoms with van der Waals surface area (Å²) in [6.45, 7) is 6.77. The lowest BCUT2D eigenvalue weighted by atomic mass is 10.3. The van der Waals surface area contributed by atoms with E-state index in [0.717, 1.165) is 0 Å². The maximum absolute atomic E-state index is 10.2. The first-order valence-electron chi connectivity index (χ1n) is 3.14. The fourth-order valence-corrected chi connectivity index (χ4v) is 0.348. The topological polar surface area (TPSA) is 49.7 Å². The number of hydrogen-bond acceptors (Lipinski definition) is 2. The highest BCUT2D eigenvalue weighted by atomic mass is 16.4. The van der Waals surface area contributed by atoms with E-state index in [1.54, 1.807) is 6.92 Å². The van der Waals surface area contributed by atoms with Crippen LogP contribution in [0.2, 0.25) is 0 Å². The van der Waals surface area contributed by atoms with Crippen molar-refractivity contribution in [3.05, 3.63) is 23.9 Å². The minimum Gasteiger partial charge on any atom is -0.478 e. The summed E-state index contributed by atoms with van der Waals surface area (Å²) in [6.07, 6.45) is 2.85. The normalized spacial score (nSPS) is 12.0. The van der Waals surface area contributed by atoms with Crippen molar-refractivity contribution >= 4 is 12.2 Å². The molecule has 3 nitrogen and oxygen atoms in total. The zero-order valence-electron chi connectivity index (χ0n) is 6.66. The molecule has 0 aliphatic carbocycles. The van der Waals surface area contributed by atoms with Crippen LogP contribution < -0.4 is 0 Å². The molecule has 11 heavy (non-hydrogen) atoms. The fourth-order valence-electron chi connectivity index (χ4n) is 0.348. The van der Waals surface area contributed by atoms with Crippen molar-refractivity contribution in [2.75, 3.05) is 0 Å². The quantitative estimate of drug-likeness (QED) is 0.494. The van der Waals surface area contributed by atoms with E-state index in [9.17, 15) is 4.79 Å². The predicted molar refractivity (Wildman–Crippen MR) is 44.7 cm³/mol. The number of allylic oxidation sites excluding steroid dienone is 2. The molecule has 60 valence electrons. The molecule has 0 heterocycles. The van der Waals surface area contributed by atoms with Gasteiger partial charge in [0.25, 0.3) is 0 Å². The second-order valence-electron chi connectivity index (χ2n) is 2.17. The molecule has 1 N–H and O–H groups in total. The van der Waals surface area contributed by atoms with Crippen LogP contribution in [0, 0.1) is 0 Å². The van der Waals surface area contributed by atoms with Crippen LogP contribution in [-0.2, 0) is 4.79 Å². The van der Waals surface area contributed by atoms with Crippen LogP contribution in [0.3, 0.4) is 0 Å². The third-order valence-corrected chi connectivity index (χ3v) is 0.957. The zero-order chi connectivity index (χ0) is 8.85. The molecule has 0 atom stereocenters. The molecule has 0 aromatic rings. The van der Waals surface area contributed by atoms with Crippen molar-refractivity contribution in [1.82, 2.24) is 0 Å². The van der Waals surface area contributed by atoms with Gasteiger partial charge in [-0.25, -0.2) is 4.79 Å². The molecule has 0 fully saturated rings. The molecule has 0 aromatic carbocycles. The van der Waals surface area contributed by atoms with E-state index in [1.165, 1.54) is 19.2 Å². The second kappa shape index (κ2) is 4.44. The summed E-state index contributed by atoms with van der Waals surface area (Å²) >= 11 is 0. The van der Waals surface area contributed by atoms with Crippen LogP contribution in [0.5, 0.6) is 0 Å². The Morgan fingerprint density at radius 2 is 2.09 bits per heavy atom. The van der Waals surface area contributed by atoms with Crippen LogP contribution in [0.15, 0.2) is 28.9 Å². The van der Waals surface area contributed by atoms with Crippen molar-refractivity contribution in [2.24, 2.45) is 4.99 Å². The van der Waals surface area contributed by atoms with E-state index in [1.807, 2.05) is 0 Å². The first kappa shape index (κ1) is 9.62. The molecular formula is C8H11NO2. The Kier molecular flexibility index (Phi) is 3.88. The average Bonchev–Trinajstić information content (AvgIpc) is 1.86. The second-order valence-corrected chi connectivity index (χ2v) is 2.17. The van der Waals surface area contributed by atoms with Gasteiger partial charge in [0, 0.05) is 17.5 Å². The highest BCUT2D eigenvalue weighted by Crippen LogP contribution is 1.91. The average molecular weight is 153 g/mol. The summed E-state index contributed by atoms with van der Waals surface area (Å²) in [7, 11) is 0. The minimum atomic E-state index is -0.932. The van der Waals surface area contributed by atoms with Gasteiger partial charge < -0.3 is 5.11 Å². The first-order chi connectivity index (χ1) is 5.04. The first-order valence-corrected chi connectivity index (χ1v) is 3.14. The van der Waals surface area contributed by atoms with Crippen molar-refractivity contribution in [3.8, 4) is 0 Å². The van der Waals surface area contributed by atoms with Crippen LogP contribution in [0.4, 0.5) is 0 Å². The third-order valence-electron chi connectivity index (χ3n) is 0.957. The van der Waals surface area contributed by atoms with Gasteiger partial charge in [-0.1, -0.05) is 6.58 Å². The molecule has 0 spiro atoms. The Labute approximate surface area is 65.8 Å². The standard InChI is InChI=1S/C8H11NO2/c1-6(2)9-5-4-7(3)8(10)11/h4-5H,1H2,2-3H3,(H,10,11)/b7-4+,9-5-. The van der Waals surface area contributed by atoms with Crippen LogP contribution >= 0.6 is 0 Å². The highest BCUT2D eigenvalue weighted by molar-refractivity contribution is 5.91. The number of hydrogen-bond donors (Lipinski definition) is 1. The summed E-state index contributed by atoms with van der Waals surface area (Å²) in [4.78, 5) is 14.0. The van der Waals surface area contributed by atoms with Crippen molar-refractivity contribution < 1.29 is 9.90 Å². The predicted octanol–water partition coefficient (Wildman–Crippen LogP) is 1.62. The number of nitrogens with zero attached hydrogens (tertiary/aromatic N) is 1. The molecule has 0 radical (unpaired) electrons. The number of rotatable bonds is 3. The maximum atomic E-state index is 10.2. The molecule has 0 aromatic heterocycles. The fraction of sp³-hybridized carbons (Fsp3) is 0.250. The Balaban J connectivity index is 4.13. The van der Waals surface area contributed by atoms with Gasteiger partial charge in [-0.15, -0.1) is 0 Å². The molecule has 0 unspecified atom stereocenters. The van der Waals surface area contributed by atoms with Crippen LogP contribution in [0.25, 0.3) is 0 Å². The van der Waals surface area contributed by atoms with Crippen LogP contribution in [-0.4, -0.2) is 17.3 Å². The third kappa shape index (κ3) is 5.08. The summed E-state index contributed by atoms with van der Waals surface area (Å²) in [6, 6.07) is 0. The Morgan fingerprint density at radius 3 is 2.45 bits per heavy atom. The van der Waals surface area contributed by atoms with Gasteiger partial charge in [0.1, 0.15) is 0 Å². The van der Waals surface area contributed by atoms with Crippen LogP contribution in [0.1, 0.15) is 13.8 Å². The van der Waals surface area contributed by atoms with Gasteiger partial charge in [0.05, 0.1) is 0 Å². The lowest BCUT2D eigenvalue weighted by Gasteiger charge is -1.87. The van der Waals surface area contributed by atoms with Gasteiger partial charge >= 0.3 is 5.97 Å². The molecule has 0 bridgehead atoms. The smallest absolute Gasteiger partial charge is 0.331 e. The van der Waals surface area contributed by atoms with Crippen molar-refractivity contribution in [2.45, 2.75) is 13.8 Å². The van der Waals surface area contributed by atoms with Crippen molar-refractivity contribution in [1.29, 1.82) is 0 Å². The van der Waals surface area contributed by atoms with Gasteiger partial charge in [-0.3, -0.25) is 4.99 Å². The number of carboxylic acid groups (broad SMARTS) is 1. The van der Waals surface area contributed by atoms with Gasteiger partial charge in [0.2, 0.25) is 0 Å². The summed E-state index contributed by atoms with van der Waals surface area (Å²) in [5.41, 5.74) is 0.912. The highest BCUT2D eigenvalue weighted by Gasteiger charge is 1.95. The van der Waals surface area contributed by atoms with E-state index >= 15 is 0 Å². The van der Waals surface area contributed by atoms with E-state index in [4.69, 9.17) is 5.11 Å². The maximum Gasteiger partial charge on any atom is 0.331 e. The summed E-state index contributed by atoms with van der Waals surface area (Å²) < 4.78 is 0. The molecule has 3 heteroatoms. The Morgan fingerprint density at radius 1 is 1.55 bits per heavy atom. The molecule has 0 amide bonds. The van der Waals surface area contributed by atoms with Gasteiger partial charge in [0.15, 0.2) is 0 Å². The van der Waals surface area contributed by atoms with E-state index < -0.39 is 5.97 Å².